The lowest BCUT2D eigenvalue weighted by molar-refractivity contribution is -0.344. The minimum absolute atomic E-state index is 0. The van der Waals surface area contributed by atoms with Crippen LogP contribution in [0.2, 0.25) is 15.7 Å². The third-order valence-corrected chi connectivity index (χ3v) is 1.93. The molecule has 0 bridgehead atoms. The van der Waals surface area contributed by atoms with E-state index in [1.807, 2.05) is 0 Å². The van der Waals surface area contributed by atoms with Crippen LogP contribution in [0.4, 0.5) is 0 Å². The number of halogens is 3. The normalized spacial score (nSPS) is 10.1. The van der Waals surface area contributed by atoms with Gasteiger partial charge in [0.25, 0.3) is 5.28 Å². The minimum Gasteiger partial charge on any atom is -0.344 e. The van der Waals surface area contributed by atoms with Gasteiger partial charge in [0.15, 0.2) is 5.15 Å². The van der Waals surface area contributed by atoms with Crippen molar-refractivity contribution >= 4 is 46.0 Å². The van der Waals surface area contributed by atoms with Crippen molar-refractivity contribution in [2.45, 2.75) is 0 Å². The van der Waals surface area contributed by atoms with Gasteiger partial charge in [-0.1, -0.05) is 16.6 Å². The molecule has 0 aromatic carbocycles. The molecule has 0 saturated carbocycles. The van der Waals surface area contributed by atoms with Gasteiger partial charge >= 0.3 is 10.9 Å². The average molecular weight is 241 g/mol. The molecular formula is C5H5Cl3N5+. The van der Waals surface area contributed by atoms with Crippen LogP contribution in [0.25, 0.3) is 11.2 Å². The maximum Gasteiger partial charge on any atom is 0.307 e. The zero-order valence-corrected chi connectivity index (χ0v) is 8.50. The molecule has 2 heterocycles. The smallest absolute Gasteiger partial charge is 0.307 e. The molecule has 0 atom stereocenters. The van der Waals surface area contributed by atoms with Crippen LogP contribution in [-0.2, 0) is 0 Å². The summed E-state index contributed by atoms with van der Waals surface area (Å²) < 4.78 is 0. The van der Waals surface area contributed by atoms with Gasteiger partial charge in [-0.05, 0) is 23.2 Å². The molecule has 0 aliphatic rings. The Morgan fingerprint density at radius 3 is 2.54 bits per heavy atom. The monoisotopic (exact) mass is 240 g/mol. The second-order valence-electron chi connectivity index (χ2n) is 2.07. The Morgan fingerprint density at radius 1 is 1.15 bits per heavy atom. The standard InChI is InChI=1S/C5HCl3N4.H3N/c6-2-1-3(11-4(7)9-1)12-5(8)10-2;/h(H,9,10,11,12);1H3/p+1. The number of imidazole rings is 1. The van der Waals surface area contributed by atoms with E-state index < -0.39 is 0 Å². The molecule has 0 fully saturated rings. The lowest BCUT2D eigenvalue weighted by Crippen LogP contribution is -2.00. The molecule has 13 heavy (non-hydrogen) atoms. The molecule has 0 saturated heterocycles. The van der Waals surface area contributed by atoms with Crippen molar-refractivity contribution in [3.8, 4) is 0 Å². The summed E-state index contributed by atoms with van der Waals surface area (Å²) in [6, 6.07) is 0. The largest absolute Gasteiger partial charge is 0.344 e. The highest BCUT2D eigenvalue weighted by atomic mass is 35.5. The third kappa shape index (κ3) is 1.83. The predicted molar refractivity (Wildman–Crippen MR) is 50.5 cm³/mol. The van der Waals surface area contributed by atoms with Crippen molar-refractivity contribution in [3.63, 3.8) is 0 Å². The van der Waals surface area contributed by atoms with E-state index in [-0.39, 0.29) is 16.6 Å². The first kappa shape index (κ1) is 10.5. The van der Waals surface area contributed by atoms with Crippen LogP contribution >= 0.6 is 34.8 Å². The van der Waals surface area contributed by atoms with E-state index >= 15 is 0 Å². The van der Waals surface area contributed by atoms with Gasteiger partial charge in [-0.25, -0.2) is 4.98 Å². The van der Waals surface area contributed by atoms with Crippen LogP contribution < -0.4 is 11.1 Å². The maximum atomic E-state index is 5.73. The van der Waals surface area contributed by atoms with Crippen LogP contribution in [0.1, 0.15) is 0 Å². The molecule has 2 aromatic rings. The summed E-state index contributed by atoms with van der Waals surface area (Å²) in [5.74, 6) is 0. The average Bonchev–Trinajstić information content (AvgIpc) is 2.29. The number of rotatable bonds is 0. The molecule has 2 rings (SSSR count). The van der Waals surface area contributed by atoms with E-state index in [2.05, 4.69) is 19.9 Å². The van der Waals surface area contributed by atoms with Gasteiger partial charge in [-0.2, -0.15) is 4.98 Å². The van der Waals surface area contributed by atoms with Gasteiger partial charge in [-0.3, -0.25) is 4.98 Å². The summed E-state index contributed by atoms with van der Waals surface area (Å²) in [6.45, 7) is 0. The first-order valence-electron chi connectivity index (χ1n) is 2.96. The molecule has 0 spiro atoms. The molecule has 0 amide bonds. The van der Waals surface area contributed by atoms with Crippen LogP contribution in [0.3, 0.4) is 0 Å². The number of aromatic amines is 2. The summed E-state index contributed by atoms with van der Waals surface area (Å²) in [7, 11) is 0. The Hall–Kier alpha value is -0.620. The molecule has 0 unspecified atom stereocenters. The van der Waals surface area contributed by atoms with E-state index in [0.29, 0.717) is 16.4 Å². The van der Waals surface area contributed by atoms with E-state index in [0.717, 1.165) is 0 Å². The zero-order chi connectivity index (χ0) is 8.72. The topological polar surface area (TPSA) is 90.7 Å². The Morgan fingerprint density at radius 2 is 1.85 bits per heavy atom. The quantitative estimate of drug-likeness (QED) is 0.419. The SMILES string of the molecule is Clc1nc(Cl)c2[nH]c(Cl)[nH+]c2n1.N. The highest BCUT2D eigenvalue weighted by Crippen LogP contribution is 2.18. The van der Waals surface area contributed by atoms with E-state index in [1.165, 1.54) is 0 Å². The summed E-state index contributed by atoms with van der Waals surface area (Å²) >= 11 is 16.9. The van der Waals surface area contributed by atoms with E-state index in [1.54, 1.807) is 0 Å². The van der Waals surface area contributed by atoms with Crippen molar-refractivity contribution in [2.24, 2.45) is 0 Å². The van der Waals surface area contributed by atoms with Crippen LogP contribution in [0, 0.1) is 0 Å². The highest BCUT2D eigenvalue weighted by Gasteiger charge is 2.15. The number of fused-ring (bicyclic) bond motifs is 1. The molecule has 70 valence electrons. The number of hydrogen-bond donors (Lipinski definition) is 2. The molecule has 0 aliphatic carbocycles. The summed E-state index contributed by atoms with van der Waals surface area (Å²) in [6.07, 6.45) is 0. The lowest BCUT2D eigenvalue weighted by Gasteiger charge is -1.84. The number of H-pyrrole nitrogens is 2. The van der Waals surface area contributed by atoms with Gasteiger partial charge in [0, 0.05) is 0 Å². The predicted octanol–water partition coefficient (Wildman–Crippen LogP) is 1.89. The molecule has 2 aromatic heterocycles. The van der Waals surface area contributed by atoms with E-state index in [4.69, 9.17) is 34.8 Å². The van der Waals surface area contributed by atoms with E-state index in [9.17, 15) is 0 Å². The second kappa shape index (κ2) is 3.63. The fourth-order valence-electron chi connectivity index (χ4n) is 0.854. The van der Waals surface area contributed by atoms with Crippen molar-refractivity contribution in [1.29, 1.82) is 0 Å². The molecular weight excluding hydrogens is 236 g/mol. The molecule has 5 nitrogen and oxygen atoms in total. The van der Waals surface area contributed by atoms with Gasteiger partial charge < -0.3 is 6.15 Å². The number of nitrogens with one attached hydrogen (secondary N) is 2. The Kier molecular flexibility index (Phi) is 2.92. The summed E-state index contributed by atoms with van der Waals surface area (Å²) in [5, 5.41) is 0.663. The molecule has 0 aliphatic heterocycles. The summed E-state index contributed by atoms with van der Waals surface area (Å²) in [4.78, 5) is 13.1. The van der Waals surface area contributed by atoms with Gasteiger partial charge in [0.2, 0.25) is 5.52 Å². The lowest BCUT2D eigenvalue weighted by atomic mass is 10.6. The summed E-state index contributed by atoms with van der Waals surface area (Å²) in [5.41, 5.74) is 1.04. The minimum atomic E-state index is 0. The maximum absolute atomic E-state index is 5.73. The van der Waals surface area contributed by atoms with Crippen LogP contribution in [0.5, 0.6) is 0 Å². The Bertz CT molecular complexity index is 439. The number of aromatic nitrogens is 4. The molecule has 5 N–H and O–H groups in total. The zero-order valence-electron chi connectivity index (χ0n) is 6.24. The van der Waals surface area contributed by atoms with Crippen molar-refractivity contribution < 1.29 is 4.98 Å². The molecule has 0 radical (unpaired) electrons. The highest BCUT2D eigenvalue weighted by molar-refractivity contribution is 6.35. The first-order valence-corrected chi connectivity index (χ1v) is 4.10. The van der Waals surface area contributed by atoms with Crippen LogP contribution in [-0.4, -0.2) is 15.0 Å². The van der Waals surface area contributed by atoms with Crippen molar-refractivity contribution in [2.75, 3.05) is 0 Å². The Labute approximate surface area is 88.0 Å². The fraction of sp³-hybridized carbons (Fsp3) is 0. The van der Waals surface area contributed by atoms with Gasteiger partial charge in [0.05, 0.1) is 0 Å². The van der Waals surface area contributed by atoms with Crippen molar-refractivity contribution in [3.05, 3.63) is 15.7 Å². The van der Waals surface area contributed by atoms with Gasteiger partial charge in [-0.15, -0.1) is 0 Å². The van der Waals surface area contributed by atoms with Crippen LogP contribution in [0.15, 0.2) is 0 Å². The number of nitrogens with zero attached hydrogens (tertiary/aromatic N) is 2. The number of hydrogen-bond acceptors (Lipinski definition) is 3. The van der Waals surface area contributed by atoms with Gasteiger partial charge in [0.1, 0.15) is 0 Å². The van der Waals surface area contributed by atoms with Crippen molar-refractivity contribution in [1.82, 2.24) is 21.1 Å². The first-order chi connectivity index (χ1) is 5.66. The fourth-order valence-corrected chi connectivity index (χ4v) is 1.47. The third-order valence-electron chi connectivity index (χ3n) is 1.30. The second-order valence-corrected chi connectivity index (χ2v) is 3.15. The Balaban J connectivity index is 0.000000845. The molecule has 8 heteroatoms.